The molecule has 3 aromatic rings. The van der Waals surface area contributed by atoms with Gasteiger partial charge >= 0.3 is 0 Å². The second-order valence-electron chi connectivity index (χ2n) is 6.76. The van der Waals surface area contributed by atoms with Gasteiger partial charge in [0.2, 0.25) is 0 Å². The van der Waals surface area contributed by atoms with Crippen molar-refractivity contribution in [2.24, 2.45) is 0 Å². The lowest BCUT2D eigenvalue weighted by Gasteiger charge is -2.24. The lowest BCUT2D eigenvalue weighted by Crippen LogP contribution is -2.25. The number of carbonyl (C=O) groups is 1. The summed E-state index contributed by atoms with van der Waals surface area (Å²) in [5.74, 6) is 0.111. The van der Waals surface area contributed by atoms with Gasteiger partial charge in [0.25, 0.3) is 5.91 Å². The van der Waals surface area contributed by atoms with E-state index >= 15 is 0 Å². The number of furan rings is 1. The summed E-state index contributed by atoms with van der Waals surface area (Å²) in [6.07, 6.45) is 7.91. The minimum absolute atomic E-state index is 0.209. The highest BCUT2D eigenvalue weighted by Gasteiger charge is 2.34. The Balaban J connectivity index is 1.55. The van der Waals surface area contributed by atoms with E-state index in [2.05, 4.69) is 10.3 Å². The molecule has 0 aliphatic heterocycles. The molecule has 5 nitrogen and oxygen atoms in total. The minimum atomic E-state index is -0.728. The van der Waals surface area contributed by atoms with Gasteiger partial charge in [0.05, 0.1) is 11.9 Å². The highest BCUT2D eigenvalue weighted by molar-refractivity contribution is 5.91. The Labute approximate surface area is 146 Å². The number of fused-ring (bicyclic) bond motifs is 1. The molecule has 1 fully saturated rings. The number of aliphatic hydroxyl groups is 1. The molecule has 0 atom stereocenters. The van der Waals surface area contributed by atoms with Crippen LogP contribution in [0.4, 0.5) is 0 Å². The lowest BCUT2D eigenvalue weighted by atomic mass is 9.88. The van der Waals surface area contributed by atoms with Crippen molar-refractivity contribution in [2.75, 3.05) is 6.54 Å². The Hall–Kier alpha value is -2.53. The topological polar surface area (TPSA) is 78.3 Å². The molecule has 3 N–H and O–H groups in total. The molecule has 0 radical (unpaired) electrons. The van der Waals surface area contributed by atoms with Crippen molar-refractivity contribution in [3.05, 3.63) is 59.7 Å². The van der Waals surface area contributed by atoms with E-state index in [1.165, 1.54) is 6.26 Å². The molecule has 1 saturated carbocycles. The Morgan fingerprint density at radius 2 is 2.08 bits per heavy atom. The first-order valence-electron chi connectivity index (χ1n) is 8.81. The average molecular weight is 338 g/mol. The molecule has 1 aromatic carbocycles. The number of rotatable bonds is 5. The zero-order chi connectivity index (χ0) is 17.3. The summed E-state index contributed by atoms with van der Waals surface area (Å²) >= 11 is 0. The van der Waals surface area contributed by atoms with Crippen molar-refractivity contribution in [3.8, 4) is 0 Å². The van der Waals surface area contributed by atoms with E-state index in [0.717, 1.165) is 47.7 Å². The summed E-state index contributed by atoms with van der Waals surface area (Å²) in [6, 6.07) is 9.40. The van der Waals surface area contributed by atoms with Crippen molar-refractivity contribution >= 4 is 16.8 Å². The van der Waals surface area contributed by atoms with Crippen LogP contribution in [0.2, 0.25) is 0 Å². The normalized spacial score (nSPS) is 16.4. The molecule has 25 heavy (non-hydrogen) atoms. The number of nitrogens with one attached hydrogen (secondary N) is 2. The molecule has 0 unspecified atom stereocenters. The second kappa shape index (κ2) is 6.41. The molecule has 2 heterocycles. The lowest BCUT2D eigenvalue weighted by molar-refractivity contribution is 0.0460. The summed E-state index contributed by atoms with van der Waals surface area (Å²) in [6.45, 7) is 0.513. The average Bonchev–Trinajstić information content (AvgIpc) is 3.35. The SMILES string of the molecule is O=C(NCCc1c[nH]c2cccc(C3(O)CCCC3)c12)c1ccco1. The van der Waals surface area contributed by atoms with Gasteiger partial charge in [0, 0.05) is 23.6 Å². The number of aromatic nitrogens is 1. The maximum Gasteiger partial charge on any atom is 0.286 e. The number of hydrogen-bond donors (Lipinski definition) is 3. The monoisotopic (exact) mass is 338 g/mol. The van der Waals surface area contributed by atoms with Crippen LogP contribution in [0.25, 0.3) is 10.9 Å². The van der Waals surface area contributed by atoms with Crippen LogP contribution < -0.4 is 5.32 Å². The predicted molar refractivity (Wildman–Crippen MR) is 95.4 cm³/mol. The van der Waals surface area contributed by atoms with Gasteiger partial charge in [-0.05, 0) is 48.6 Å². The second-order valence-corrected chi connectivity index (χ2v) is 6.76. The maximum absolute atomic E-state index is 12.0. The zero-order valence-corrected chi connectivity index (χ0v) is 14.0. The first kappa shape index (κ1) is 16.0. The van der Waals surface area contributed by atoms with E-state index in [-0.39, 0.29) is 5.91 Å². The molecular weight excluding hydrogens is 316 g/mol. The van der Waals surface area contributed by atoms with E-state index in [9.17, 15) is 9.90 Å². The zero-order valence-electron chi connectivity index (χ0n) is 14.0. The quantitative estimate of drug-likeness (QED) is 0.666. The summed E-state index contributed by atoms with van der Waals surface area (Å²) < 4.78 is 5.10. The van der Waals surface area contributed by atoms with Crippen LogP contribution in [0, 0.1) is 0 Å². The molecule has 1 amide bonds. The predicted octanol–water partition coefficient (Wildman–Crippen LogP) is 3.50. The van der Waals surface area contributed by atoms with Gasteiger partial charge in [-0.2, -0.15) is 0 Å². The van der Waals surface area contributed by atoms with Crippen LogP contribution in [0.3, 0.4) is 0 Å². The van der Waals surface area contributed by atoms with Gasteiger partial charge < -0.3 is 19.8 Å². The smallest absolute Gasteiger partial charge is 0.286 e. The molecule has 1 aliphatic rings. The largest absolute Gasteiger partial charge is 0.459 e. The number of hydrogen-bond acceptors (Lipinski definition) is 3. The molecule has 0 spiro atoms. The van der Waals surface area contributed by atoms with Crippen LogP contribution in [0.1, 0.15) is 47.4 Å². The number of carbonyl (C=O) groups excluding carboxylic acids is 1. The van der Waals surface area contributed by atoms with Crippen molar-refractivity contribution in [1.82, 2.24) is 10.3 Å². The summed E-state index contributed by atoms with van der Waals surface area (Å²) in [5, 5.41) is 15.0. The molecule has 0 bridgehead atoms. The van der Waals surface area contributed by atoms with Crippen molar-refractivity contribution < 1.29 is 14.3 Å². The first-order valence-corrected chi connectivity index (χ1v) is 8.81. The van der Waals surface area contributed by atoms with E-state index in [1.54, 1.807) is 12.1 Å². The highest BCUT2D eigenvalue weighted by Crippen LogP contribution is 2.42. The Bertz CT molecular complexity index is 874. The van der Waals surface area contributed by atoms with E-state index in [0.29, 0.717) is 18.7 Å². The fourth-order valence-electron chi connectivity index (χ4n) is 3.88. The van der Waals surface area contributed by atoms with Crippen molar-refractivity contribution in [2.45, 2.75) is 37.7 Å². The van der Waals surface area contributed by atoms with Crippen LogP contribution in [0.15, 0.2) is 47.2 Å². The maximum atomic E-state index is 12.0. The third-order valence-corrected chi connectivity index (χ3v) is 5.14. The minimum Gasteiger partial charge on any atom is -0.459 e. The number of aromatic amines is 1. The summed E-state index contributed by atoms with van der Waals surface area (Å²) in [5.41, 5.74) is 2.43. The number of H-pyrrole nitrogens is 1. The highest BCUT2D eigenvalue weighted by atomic mass is 16.3. The molecule has 0 saturated heterocycles. The molecule has 2 aromatic heterocycles. The van der Waals surface area contributed by atoms with Crippen molar-refractivity contribution in [1.29, 1.82) is 0 Å². The van der Waals surface area contributed by atoms with Crippen LogP contribution >= 0.6 is 0 Å². The van der Waals surface area contributed by atoms with Gasteiger partial charge in [-0.25, -0.2) is 0 Å². The number of benzene rings is 1. The molecule has 4 rings (SSSR count). The van der Waals surface area contributed by atoms with Gasteiger partial charge in [-0.1, -0.05) is 25.0 Å². The van der Waals surface area contributed by atoms with E-state index < -0.39 is 5.60 Å². The third kappa shape index (κ3) is 2.96. The standard InChI is InChI=1S/C20H22N2O3/c23-19(17-7-4-12-25-17)21-11-8-14-13-22-16-6-3-5-15(18(14)16)20(24)9-1-2-10-20/h3-7,12-13,22,24H,1-2,8-11H2,(H,21,23). The first-order chi connectivity index (χ1) is 12.2. The van der Waals surface area contributed by atoms with Crippen LogP contribution in [-0.4, -0.2) is 22.5 Å². The van der Waals surface area contributed by atoms with Gasteiger partial charge in [0.1, 0.15) is 0 Å². The molecule has 130 valence electrons. The van der Waals surface area contributed by atoms with Gasteiger partial charge in [0.15, 0.2) is 5.76 Å². The fourth-order valence-corrected chi connectivity index (χ4v) is 3.88. The van der Waals surface area contributed by atoms with Gasteiger partial charge in [-0.3, -0.25) is 4.79 Å². The van der Waals surface area contributed by atoms with E-state index in [1.807, 2.05) is 24.4 Å². The Morgan fingerprint density at radius 1 is 1.24 bits per heavy atom. The van der Waals surface area contributed by atoms with Crippen LogP contribution in [0.5, 0.6) is 0 Å². The molecular formula is C20H22N2O3. The van der Waals surface area contributed by atoms with E-state index in [4.69, 9.17) is 4.42 Å². The Morgan fingerprint density at radius 3 is 2.84 bits per heavy atom. The molecule has 5 heteroatoms. The summed E-state index contributed by atoms with van der Waals surface area (Å²) in [4.78, 5) is 15.3. The van der Waals surface area contributed by atoms with Gasteiger partial charge in [-0.15, -0.1) is 0 Å². The molecule has 1 aliphatic carbocycles. The summed E-state index contributed by atoms with van der Waals surface area (Å²) in [7, 11) is 0. The fraction of sp³-hybridized carbons (Fsp3) is 0.350. The number of amides is 1. The van der Waals surface area contributed by atoms with Crippen LogP contribution in [-0.2, 0) is 12.0 Å². The third-order valence-electron chi connectivity index (χ3n) is 5.14. The Kier molecular flexibility index (Phi) is 4.09. The van der Waals surface area contributed by atoms with Crippen molar-refractivity contribution in [3.63, 3.8) is 0 Å².